The van der Waals surface area contributed by atoms with Crippen molar-refractivity contribution in [2.24, 2.45) is 0 Å². The fourth-order valence-electron chi connectivity index (χ4n) is 3.08. The van der Waals surface area contributed by atoms with Gasteiger partial charge < -0.3 is 14.7 Å². The minimum Gasteiger partial charge on any atom is -0.507 e. The van der Waals surface area contributed by atoms with Crippen LogP contribution in [0, 0.1) is 5.82 Å². The Hall–Kier alpha value is -2.70. The van der Waals surface area contributed by atoms with Crippen molar-refractivity contribution >= 4 is 29.1 Å². The Kier molecular flexibility index (Phi) is 5.58. The number of rotatable bonds is 5. The molecule has 1 amide bonds. The van der Waals surface area contributed by atoms with Crippen molar-refractivity contribution in [3.63, 3.8) is 0 Å². The zero-order chi connectivity index (χ0) is 19.6. The maximum absolute atomic E-state index is 14.5. The number of carbonyl (C=O) groups excluding carboxylic acids is 2. The van der Waals surface area contributed by atoms with Crippen molar-refractivity contribution in [2.75, 3.05) is 20.3 Å². The smallest absolute Gasteiger partial charge is 0.295 e. The second-order valence-electron chi connectivity index (χ2n) is 6.01. The Bertz CT molecular complexity index is 910. The van der Waals surface area contributed by atoms with E-state index in [9.17, 15) is 19.1 Å². The van der Waals surface area contributed by atoms with Crippen molar-refractivity contribution in [1.29, 1.82) is 0 Å². The van der Waals surface area contributed by atoms with E-state index >= 15 is 0 Å². The standard InChI is InChI=1S/C20H17ClFNO4/c1-27-11-10-23-17(14-4-2-3-5-15(14)22)16(19(25)20(23)26)18(24)12-6-8-13(21)9-7-12/h2-9,17,24H,10-11H2,1H3. The number of halogens is 2. The van der Waals surface area contributed by atoms with Gasteiger partial charge in [-0.15, -0.1) is 0 Å². The second kappa shape index (κ2) is 7.90. The van der Waals surface area contributed by atoms with Gasteiger partial charge in [-0.05, 0) is 30.3 Å². The Balaban J connectivity index is 2.18. The van der Waals surface area contributed by atoms with Crippen LogP contribution in [0.3, 0.4) is 0 Å². The lowest BCUT2D eigenvalue weighted by atomic mass is 9.95. The summed E-state index contributed by atoms with van der Waals surface area (Å²) >= 11 is 5.86. The summed E-state index contributed by atoms with van der Waals surface area (Å²) in [6, 6.07) is 11.0. The molecule has 0 spiro atoms. The molecule has 1 unspecified atom stereocenters. The number of hydrogen-bond donors (Lipinski definition) is 1. The molecule has 1 aliphatic rings. The molecular formula is C20H17ClFNO4. The van der Waals surface area contributed by atoms with Gasteiger partial charge in [-0.25, -0.2) is 4.39 Å². The number of aliphatic hydroxyl groups excluding tert-OH is 1. The Morgan fingerprint density at radius 1 is 1.19 bits per heavy atom. The van der Waals surface area contributed by atoms with Crippen LogP contribution in [-0.2, 0) is 14.3 Å². The van der Waals surface area contributed by atoms with Gasteiger partial charge in [0.25, 0.3) is 11.7 Å². The molecule has 1 N–H and O–H groups in total. The quantitative estimate of drug-likeness (QED) is 0.482. The van der Waals surface area contributed by atoms with Gasteiger partial charge in [0.1, 0.15) is 11.6 Å². The number of hydrogen-bond acceptors (Lipinski definition) is 4. The van der Waals surface area contributed by atoms with Crippen molar-refractivity contribution in [3.8, 4) is 0 Å². The molecule has 0 aliphatic carbocycles. The van der Waals surface area contributed by atoms with Gasteiger partial charge in [0, 0.05) is 29.8 Å². The molecule has 0 aromatic heterocycles. The molecule has 0 saturated carbocycles. The maximum atomic E-state index is 14.5. The lowest BCUT2D eigenvalue weighted by molar-refractivity contribution is -0.140. The predicted molar refractivity (Wildman–Crippen MR) is 98.7 cm³/mol. The van der Waals surface area contributed by atoms with Crippen LogP contribution in [0.2, 0.25) is 5.02 Å². The van der Waals surface area contributed by atoms with Gasteiger partial charge in [0.15, 0.2) is 0 Å². The summed E-state index contributed by atoms with van der Waals surface area (Å²) in [5.74, 6) is -2.63. The molecule has 1 aliphatic heterocycles. The highest BCUT2D eigenvalue weighted by Gasteiger charge is 2.46. The van der Waals surface area contributed by atoms with Crippen molar-refractivity contribution < 1.29 is 23.8 Å². The number of Topliss-reactive ketones (excluding diaryl/α,β-unsaturated/α-hetero) is 1. The van der Waals surface area contributed by atoms with E-state index in [-0.39, 0.29) is 30.0 Å². The van der Waals surface area contributed by atoms with E-state index in [0.29, 0.717) is 10.6 Å². The first-order chi connectivity index (χ1) is 13.0. The Labute approximate surface area is 160 Å². The Morgan fingerprint density at radius 3 is 2.48 bits per heavy atom. The van der Waals surface area contributed by atoms with Crippen LogP contribution in [0.1, 0.15) is 17.2 Å². The third-order valence-corrected chi connectivity index (χ3v) is 4.65. The number of nitrogens with zero attached hydrogens (tertiary/aromatic N) is 1. The van der Waals surface area contributed by atoms with Gasteiger partial charge >= 0.3 is 0 Å². The highest BCUT2D eigenvalue weighted by atomic mass is 35.5. The molecule has 2 aromatic rings. The second-order valence-corrected chi connectivity index (χ2v) is 6.45. The number of likely N-dealkylation sites (tertiary alicyclic amines) is 1. The van der Waals surface area contributed by atoms with E-state index in [4.69, 9.17) is 16.3 Å². The maximum Gasteiger partial charge on any atom is 0.295 e. The molecule has 7 heteroatoms. The fraction of sp³-hybridized carbons (Fsp3) is 0.200. The summed E-state index contributed by atoms with van der Waals surface area (Å²) in [7, 11) is 1.46. The number of amides is 1. The summed E-state index contributed by atoms with van der Waals surface area (Å²) in [6.07, 6.45) is 0. The van der Waals surface area contributed by atoms with Crippen molar-refractivity contribution in [3.05, 3.63) is 76.1 Å². The third kappa shape index (κ3) is 3.59. The van der Waals surface area contributed by atoms with Crippen LogP contribution in [0.4, 0.5) is 4.39 Å². The van der Waals surface area contributed by atoms with Crippen LogP contribution in [-0.4, -0.2) is 42.0 Å². The number of carbonyl (C=O) groups is 2. The lowest BCUT2D eigenvalue weighted by Crippen LogP contribution is -2.33. The van der Waals surface area contributed by atoms with Crippen LogP contribution < -0.4 is 0 Å². The molecule has 0 bridgehead atoms. The zero-order valence-corrected chi connectivity index (χ0v) is 15.2. The molecule has 5 nitrogen and oxygen atoms in total. The monoisotopic (exact) mass is 389 g/mol. The molecule has 0 radical (unpaired) electrons. The third-order valence-electron chi connectivity index (χ3n) is 4.39. The molecule has 1 heterocycles. The number of methoxy groups -OCH3 is 1. The van der Waals surface area contributed by atoms with Crippen molar-refractivity contribution in [2.45, 2.75) is 6.04 Å². The van der Waals surface area contributed by atoms with E-state index in [0.717, 1.165) is 0 Å². The van der Waals surface area contributed by atoms with E-state index in [2.05, 4.69) is 0 Å². The first-order valence-electron chi connectivity index (χ1n) is 8.23. The van der Waals surface area contributed by atoms with Gasteiger partial charge in [-0.3, -0.25) is 9.59 Å². The highest BCUT2D eigenvalue weighted by Crippen LogP contribution is 2.40. The van der Waals surface area contributed by atoms with Gasteiger partial charge in [0.05, 0.1) is 18.2 Å². The summed E-state index contributed by atoms with van der Waals surface area (Å²) in [4.78, 5) is 26.4. The fourth-order valence-corrected chi connectivity index (χ4v) is 3.21. The average molecular weight is 390 g/mol. The number of benzene rings is 2. The highest BCUT2D eigenvalue weighted by molar-refractivity contribution is 6.46. The zero-order valence-electron chi connectivity index (χ0n) is 14.5. The molecule has 27 heavy (non-hydrogen) atoms. The minimum atomic E-state index is -1.04. The summed E-state index contributed by atoms with van der Waals surface area (Å²) in [5, 5.41) is 11.2. The summed E-state index contributed by atoms with van der Waals surface area (Å²) in [5.41, 5.74) is 0.275. The number of ketones is 1. The van der Waals surface area contributed by atoms with E-state index in [1.165, 1.54) is 42.3 Å². The van der Waals surface area contributed by atoms with E-state index in [1.54, 1.807) is 18.2 Å². The average Bonchev–Trinajstić information content (AvgIpc) is 2.91. The van der Waals surface area contributed by atoms with Gasteiger partial charge in [-0.1, -0.05) is 29.8 Å². The summed E-state index contributed by atoms with van der Waals surface area (Å²) in [6.45, 7) is 0.246. The van der Waals surface area contributed by atoms with E-state index < -0.39 is 23.5 Å². The normalized spacial score (nSPS) is 18.9. The molecule has 2 aromatic carbocycles. The minimum absolute atomic E-state index is 0.0808. The number of aliphatic hydroxyl groups is 1. The van der Waals surface area contributed by atoms with Crippen LogP contribution in [0.15, 0.2) is 54.1 Å². The van der Waals surface area contributed by atoms with Crippen LogP contribution >= 0.6 is 11.6 Å². The molecule has 140 valence electrons. The lowest BCUT2D eigenvalue weighted by Gasteiger charge is -2.25. The molecule has 1 fully saturated rings. The van der Waals surface area contributed by atoms with Crippen LogP contribution in [0.25, 0.3) is 5.76 Å². The first-order valence-corrected chi connectivity index (χ1v) is 8.61. The topological polar surface area (TPSA) is 66.8 Å². The number of ether oxygens (including phenoxy) is 1. The van der Waals surface area contributed by atoms with E-state index in [1.807, 2.05) is 0 Å². The summed E-state index contributed by atoms with van der Waals surface area (Å²) < 4.78 is 19.5. The van der Waals surface area contributed by atoms with Crippen LogP contribution in [0.5, 0.6) is 0 Å². The Morgan fingerprint density at radius 2 is 1.85 bits per heavy atom. The largest absolute Gasteiger partial charge is 0.507 e. The predicted octanol–water partition coefficient (Wildman–Crippen LogP) is 3.55. The van der Waals surface area contributed by atoms with Gasteiger partial charge in [-0.2, -0.15) is 0 Å². The van der Waals surface area contributed by atoms with Crippen molar-refractivity contribution in [1.82, 2.24) is 4.90 Å². The molecular weight excluding hydrogens is 373 g/mol. The SMILES string of the molecule is COCCN1C(=O)C(=O)C(=C(O)c2ccc(Cl)cc2)C1c1ccccc1F. The molecule has 1 atom stereocenters. The molecule has 1 saturated heterocycles. The molecule has 3 rings (SSSR count). The first kappa shape index (κ1) is 19.1. The van der Waals surface area contributed by atoms with Gasteiger partial charge in [0.2, 0.25) is 0 Å².